The van der Waals surface area contributed by atoms with Crippen molar-refractivity contribution in [2.24, 2.45) is 0 Å². The molecule has 3 heterocycles. The number of rotatable bonds is 6. The minimum atomic E-state index is -1.52. The minimum Gasteiger partial charge on any atom is -0.383 e. The lowest BCUT2D eigenvalue weighted by Crippen LogP contribution is -2.16. The van der Waals surface area contributed by atoms with Crippen molar-refractivity contribution in [2.75, 3.05) is 5.73 Å². The summed E-state index contributed by atoms with van der Waals surface area (Å²) in [4.78, 5) is 11.8. The Hall–Kier alpha value is -2.26. The van der Waals surface area contributed by atoms with Crippen LogP contribution in [0.1, 0.15) is 30.2 Å². The van der Waals surface area contributed by atoms with E-state index in [1.165, 1.54) is 6.33 Å². The average Bonchev–Trinajstić information content (AvgIpc) is 3.31. The number of aromatic nitrogens is 3. The Bertz CT molecular complexity index is 983. The van der Waals surface area contributed by atoms with Crippen LogP contribution in [0.4, 0.5) is 10.3 Å². The lowest BCUT2D eigenvalue weighted by molar-refractivity contribution is -0.254. The molecule has 3 aromatic rings. The number of halogens is 2. The Morgan fingerprint density at radius 1 is 1.32 bits per heavy atom. The molecule has 3 atom stereocenters. The molecule has 28 heavy (non-hydrogen) atoms. The molecule has 1 aliphatic heterocycles. The lowest BCUT2D eigenvalue weighted by Gasteiger charge is -2.18. The second-order valence-corrected chi connectivity index (χ2v) is 7.31. The smallest absolute Gasteiger partial charge is 0.198 e. The zero-order valence-electron chi connectivity index (χ0n) is 15.0. The molecule has 0 amide bonds. The molecule has 1 saturated heterocycles. The number of hydrogen-bond donors (Lipinski definition) is 2. The monoisotopic (exact) mass is 406 g/mol. The maximum absolute atomic E-state index is 12.2. The summed E-state index contributed by atoms with van der Waals surface area (Å²) in [6.45, 7) is 0. The SMILES string of the molecule is Nc1ncnc2c1ccn2C1CCC(Cc2ccc(Cl)cc2CC(O)OF)O1. The second kappa shape index (κ2) is 8.00. The third kappa shape index (κ3) is 3.81. The summed E-state index contributed by atoms with van der Waals surface area (Å²) < 4.78 is 20.4. The van der Waals surface area contributed by atoms with Crippen LogP contribution in [-0.4, -0.2) is 32.0 Å². The van der Waals surface area contributed by atoms with E-state index in [9.17, 15) is 9.63 Å². The van der Waals surface area contributed by atoms with Crippen LogP contribution in [0, 0.1) is 0 Å². The van der Waals surface area contributed by atoms with Gasteiger partial charge in [0.15, 0.2) is 6.29 Å². The van der Waals surface area contributed by atoms with Crippen molar-refractivity contribution < 1.29 is 19.3 Å². The van der Waals surface area contributed by atoms with Crippen molar-refractivity contribution in [1.29, 1.82) is 0 Å². The molecular formula is C19H20ClFN4O3. The van der Waals surface area contributed by atoms with Gasteiger partial charge < -0.3 is 20.1 Å². The highest BCUT2D eigenvalue weighted by Gasteiger charge is 2.28. The van der Waals surface area contributed by atoms with Crippen LogP contribution in [0.3, 0.4) is 0 Å². The van der Waals surface area contributed by atoms with Gasteiger partial charge in [0.05, 0.1) is 11.5 Å². The molecule has 9 heteroatoms. The number of aliphatic hydroxyl groups is 1. The van der Waals surface area contributed by atoms with Gasteiger partial charge in [-0.25, -0.2) is 9.97 Å². The molecule has 148 valence electrons. The molecule has 1 fully saturated rings. The summed E-state index contributed by atoms with van der Waals surface area (Å²) in [7, 11) is 0. The van der Waals surface area contributed by atoms with Crippen LogP contribution in [0.2, 0.25) is 5.02 Å². The van der Waals surface area contributed by atoms with Crippen molar-refractivity contribution in [2.45, 2.75) is 44.3 Å². The first-order chi connectivity index (χ1) is 13.5. The lowest BCUT2D eigenvalue weighted by atomic mass is 9.98. The molecule has 0 spiro atoms. The van der Waals surface area contributed by atoms with Gasteiger partial charge in [0.1, 0.15) is 24.0 Å². The van der Waals surface area contributed by atoms with Crippen LogP contribution in [-0.2, 0) is 22.5 Å². The third-order valence-electron chi connectivity index (χ3n) is 5.05. The molecular weight excluding hydrogens is 387 g/mol. The largest absolute Gasteiger partial charge is 0.383 e. The van der Waals surface area contributed by atoms with E-state index < -0.39 is 6.29 Å². The number of anilines is 1. The van der Waals surface area contributed by atoms with Gasteiger partial charge in [-0.05, 0) is 53.1 Å². The van der Waals surface area contributed by atoms with Gasteiger partial charge in [0, 0.05) is 17.6 Å². The Kier molecular flexibility index (Phi) is 5.45. The summed E-state index contributed by atoms with van der Waals surface area (Å²) in [5, 5.41) is 10.8. The summed E-state index contributed by atoms with van der Waals surface area (Å²) in [6, 6.07) is 7.24. The van der Waals surface area contributed by atoms with Gasteiger partial charge in [0.2, 0.25) is 0 Å². The summed E-state index contributed by atoms with van der Waals surface area (Å²) in [6.07, 6.45) is 3.99. The minimum absolute atomic E-state index is 0.0149. The predicted octanol–water partition coefficient (Wildman–Crippen LogP) is 3.35. The van der Waals surface area contributed by atoms with Crippen molar-refractivity contribution in [1.82, 2.24) is 14.5 Å². The molecule has 2 aromatic heterocycles. The number of ether oxygens (including phenoxy) is 1. The molecule has 3 N–H and O–H groups in total. The summed E-state index contributed by atoms with van der Waals surface area (Å²) in [5.74, 6) is 0.442. The molecule has 0 radical (unpaired) electrons. The first kappa shape index (κ1) is 19.1. The average molecular weight is 407 g/mol. The van der Waals surface area contributed by atoms with E-state index in [2.05, 4.69) is 14.9 Å². The highest BCUT2D eigenvalue weighted by atomic mass is 35.5. The van der Waals surface area contributed by atoms with Crippen molar-refractivity contribution in [3.8, 4) is 0 Å². The molecule has 4 rings (SSSR count). The van der Waals surface area contributed by atoms with Crippen molar-refractivity contribution >= 4 is 28.5 Å². The maximum Gasteiger partial charge on any atom is 0.198 e. The Morgan fingerprint density at radius 2 is 2.18 bits per heavy atom. The van der Waals surface area contributed by atoms with E-state index in [4.69, 9.17) is 22.1 Å². The molecule has 1 aliphatic rings. The third-order valence-corrected chi connectivity index (χ3v) is 5.28. The van der Waals surface area contributed by atoms with Crippen LogP contribution >= 0.6 is 11.6 Å². The molecule has 0 aliphatic carbocycles. The van der Waals surface area contributed by atoms with E-state index in [0.29, 0.717) is 17.3 Å². The van der Waals surface area contributed by atoms with Gasteiger partial charge in [0.25, 0.3) is 0 Å². The Labute approximate surface area is 165 Å². The standard InChI is InChI=1S/C19H20ClFN4O3/c20-13-2-1-11(12(7-13)9-17(26)28-21)8-14-3-4-16(27-14)25-6-5-15-18(22)23-10-24-19(15)25/h1-2,5-7,10,14,16-17,26H,3-4,8-9H2,(H2,22,23,24). The first-order valence-electron chi connectivity index (χ1n) is 9.00. The molecule has 0 bridgehead atoms. The quantitative estimate of drug-likeness (QED) is 0.609. The number of fused-ring (bicyclic) bond motifs is 1. The van der Waals surface area contributed by atoms with E-state index in [-0.39, 0.29) is 18.8 Å². The van der Waals surface area contributed by atoms with Crippen LogP contribution in [0.15, 0.2) is 36.8 Å². The van der Waals surface area contributed by atoms with Gasteiger partial charge in [-0.2, -0.15) is 4.94 Å². The number of nitrogens with two attached hydrogens (primary N) is 1. The first-order valence-corrected chi connectivity index (χ1v) is 9.38. The fourth-order valence-electron chi connectivity index (χ4n) is 3.71. The zero-order chi connectivity index (χ0) is 19.7. The van der Waals surface area contributed by atoms with Gasteiger partial charge in [-0.1, -0.05) is 17.7 Å². The highest BCUT2D eigenvalue weighted by molar-refractivity contribution is 6.30. The molecule has 1 aromatic carbocycles. The van der Waals surface area contributed by atoms with Crippen LogP contribution < -0.4 is 5.73 Å². The number of nitrogens with zero attached hydrogens (tertiary/aromatic N) is 3. The van der Waals surface area contributed by atoms with Crippen molar-refractivity contribution in [3.63, 3.8) is 0 Å². The second-order valence-electron chi connectivity index (χ2n) is 6.87. The summed E-state index contributed by atoms with van der Waals surface area (Å²) >= 11 is 6.05. The predicted molar refractivity (Wildman–Crippen MR) is 102 cm³/mol. The fourth-order valence-corrected chi connectivity index (χ4v) is 3.91. The fraction of sp³-hybridized carbons (Fsp3) is 0.368. The van der Waals surface area contributed by atoms with Gasteiger partial charge in [-0.15, -0.1) is 0 Å². The Morgan fingerprint density at radius 3 is 3.00 bits per heavy atom. The van der Waals surface area contributed by atoms with Crippen LogP contribution in [0.25, 0.3) is 11.0 Å². The molecule has 7 nitrogen and oxygen atoms in total. The molecule has 0 saturated carbocycles. The van der Waals surface area contributed by atoms with E-state index in [1.807, 2.05) is 22.9 Å². The Balaban J connectivity index is 1.50. The van der Waals surface area contributed by atoms with Crippen LogP contribution in [0.5, 0.6) is 0 Å². The van der Waals surface area contributed by atoms with Crippen molar-refractivity contribution in [3.05, 3.63) is 52.9 Å². The van der Waals surface area contributed by atoms with E-state index in [1.54, 1.807) is 12.1 Å². The number of aliphatic hydroxyl groups excluding tert-OH is 1. The number of benzene rings is 1. The summed E-state index contributed by atoms with van der Waals surface area (Å²) in [5.41, 5.74) is 8.32. The van der Waals surface area contributed by atoms with E-state index in [0.717, 1.165) is 35.0 Å². The topological polar surface area (TPSA) is 95.4 Å². The zero-order valence-corrected chi connectivity index (χ0v) is 15.7. The highest BCUT2D eigenvalue weighted by Crippen LogP contribution is 2.34. The normalized spacial score (nSPS) is 20.7. The van der Waals surface area contributed by atoms with E-state index >= 15 is 0 Å². The van der Waals surface area contributed by atoms with Gasteiger partial charge in [-0.3, -0.25) is 0 Å². The molecule has 3 unspecified atom stereocenters. The number of nitrogen functional groups attached to an aromatic ring is 1. The van der Waals surface area contributed by atoms with Gasteiger partial charge >= 0.3 is 0 Å². The number of hydrogen-bond acceptors (Lipinski definition) is 6. The maximum atomic E-state index is 12.2.